The lowest BCUT2D eigenvalue weighted by molar-refractivity contribution is 0.476. The number of phenolic OH excluding ortho intramolecular Hbond substituents is 1. The molecule has 1 saturated heterocycles. The molecule has 0 bridgehead atoms. The predicted octanol–water partition coefficient (Wildman–Crippen LogP) is 3.32. The second kappa shape index (κ2) is 4.02. The lowest BCUT2D eigenvalue weighted by Crippen LogP contribution is -2.04. The molecule has 2 aromatic carbocycles. The Bertz CT molecular complexity index is 535. The Morgan fingerprint density at radius 3 is 2.81 bits per heavy atom. The Kier molecular flexibility index (Phi) is 2.25. The van der Waals surface area contributed by atoms with Gasteiger partial charge in [0.2, 0.25) is 0 Å². The summed E-state index contributed by atoms with van der Waals surface area (Å²) in [6, 6.07) is 12.4. The van der Waals surface area contributed by atoms with Gasteiger partial charge < -0.3 is 5.11 Å². The van der Waals surface area contributed by atoms with Crippen molar-refractivity contribution in [3.8, 4) is 5.75 Å². The molecule has 0 radical (unpaired) electrons. The van der Waals surface area contributed by atoms with E-state index in [1.54, 1.807) is 0 Å². The average Bonchev–Trinajstić information content (AvgIpc) is 2.91. The number of rotatable bonds is 2. The van der Waals surface area contributed by atoms with Gasteiger partial charge in [0.15, 0.2) is 4.90 Å². The van der Waals surface area contributed by atoms with Crippen molar-refractivity contribution >= 4 is 21.7 Å². The summed E-state index contributed by atoms with van der Waals surface area (Å²) in [5, 5.41) is 7.06. The molecule has 0 aromatic heterocycles. The van der Waals surface area contributed by atoms with Gasteiger partial charge in [-0.15, -0.1) is 0 Å². The highest BCUT2D eigenvalue weighted by molar-refractivity contribution is 7.97. The molecule has 3 rings (SSSR count). The zero-order chi connectivity index (χ0) is 11.7. The molecule has 2 aromatic rings. The zero-order valence-corrected chi connectivity index (χ0v) is 9.93. The summed E-state index contributed by atoms with van der Waals surface area (Å²) in [5.41, 5.74) is 0. The minimum absolute atomic E-state index is 0.438. The van der Waals surface area contributed by atoms with Gasteiger partial charge in [0.25, 0.3) is 1.43 Å². The highest BCUT2D eigenvalue weighted by Crippen LogP contribution is 2.31. The third-order valence-electron chi connectivity index (χ3n) is 3.15. The van der Waals surface area contributed by atoms with Gasteiger partial charge in [-0.25, -0.2) is 0 Å². The molecule has 0 amide bonds. The van der Waals surface area contributed by atoms with Crippen LogP contribution in [0.2, 0.25) is 0 Å². The second-order valence-electron chi connectivity index (χ2n) is 4.25. The van der Waals surface area contributed by atoms with Gasteiger partial charge in [0.1, 0.15) is 17.3 Å². The third kappa shape index (κ3) is 1.67. The fourth-order valence-corrected chi connectivity index (χ4v) is 4.88. The number of hydrogen-bond donors (Lipinski definition) is 1. The predicted molar refractivity (Wildman–Crippen MR) is 70.2 cm³/mol. The Hall–Kier alpha value is -1.15. The minimum atomic E-state index is 0.438. The van der Waals surface area contributed by atoms with Crippen molar-refractivity contribution in [3.05, 3.63) is 36.4 Å². The summed E-state index contributed by atoms with van der Waals surface area (Å²) in [7, 11) is 0.438. The lowest BCUT2D eigenvalue weighted by Gasteiger charge is -2.05. The van der Waals surface area contributed by atoms with Crippen LogP contribution in [-0.2, 0) is 10.9 Å². The van der Waals surface area contributed by atoms with Crippen molar-refractivity contribution in [2.75, 3.05) is 11.5 Å². The average molecular weight is 232 g/mol. The minimum Gasteiger partial charge on any atom is -0.508 e. The maximum Gasteiger partial charge on any atom is 0.293 e. The molecule has 0 spiro atoms. The molecular formula is C14H15OS+. The molecule has 1 fully saturated rings. The normalized spacial score (nSPS) is 17.6. The molecule has 1 N–H and O–H groups in total. The standard InChI is InChI=1S/C14H14OS/c15-12-6-7-13-11(10-12)4-3-5-14(13)16-8-1-2-9-16/h3-7,10H,1-2,8-9H2/p+1/i/hD. The van der Waals surface area contributed by atoms with Gasteiger partial charge in [0.05, 0.1) is 0 Å². The molecule has 0 saturated carbocycles. The summed E-state index contributed by atoms with van der Waals surface area (Å²) in [4.78, 5) is 1.50. The van der Waals surface area contributed by atoms with Crippen LogP contribution in [0.15, 0.2) is 41.3 Å². The zero-order valence-electron chi connectivity index (χ0n) is 10.1. The van der Waals surface area contributed by atoms with Crippen LogP contribution in [0.3, 0.4) is 0 Å². The first kappa shape index (κ1) is 8.94. The van der Waals surface area contributed by atoms with E-state index in [4.69, 9.17) is 1.43 Å². The molecule has 1 nitrogen and oxygen atoms in total. The van der Waals surface area contributed by atoms with E-state index in [1.807, 2.05) is 12.1 Å². The first-order valence-electron chi connectivity index (χ1n) is 6.13. The van der Waals surface area contributed by atoms with Crippen LogP contribution >= 0.6 is 0 Å². The van der Waals surface area contributed by atoms with Crippen molar-refractivity contribution in [1.82, 2.24) is 0 Å². The van der Waals surface area contributed by atoms with Crippen LogP contribution in [0, 0.1) is 0 Å². The largest absolute Gasteiger partial charge is 0.508 e. The SMILES string of the molecule is [2H]Oc1ccc2c([S+]3CCCC3)cccc2c1. The van der Waals surface area contributed by atoms with Gasteiger partial charge in [-0.1, -0.05) is 12.1 Å². The second-order valence-corrected chi connectivity index (χ2v) is 6.49. The highest BCUT2D eigenvalue weighted by Gasteiger charge is 2.28. The molecule has 0 aliphatic carbocycles. The van der Waals surface area contributed by atoms with E-state index in [-0.39, 0.29) is 0 Å². The van der Waals surface area contributed by atoms with Gasteiger partial charge >= 0.3 is 0 Å². The lowest BCUT2D eigenvalue weighted by atomic mass is 10.1. The van der Waals surface area contributed by atoms with E-state index in [0.29, 0.717) is 16.6 Å². The summed E-state index contributed by atoms with van der Waals surface area (Å²) in [5.74, 6) is 3.30. The number of phenols is 1. The summed E-state index contributed by atoms with van der Waals surface area (Å²) in [6.07, 6.45) is 2.74. The molecule has 1 aliphatic rings. The molecule has 16 heavy (non-hydrogen) atoms. The molecule has 2 heteroatoms. The molecule has 82 valence electrons. The Morgan fingerprint density at radius 1 is 1.12 bits per heavy atom. The van der Waals surface area contributed by atoms with Crippen LogP contribution < -0.4 is 0 Å². The number of aromatic hydroxyl groups is 1. The van der Waals surface area contributed by atoms with Gasteiger partial charge in [-0.2, -0.15) is 0 Å². The van der Waals surface area contributed by atoms with E-state index < -0.39 is 0 Å². The molecule has 0 unspecified atom stereocenters. The molecule has 0 atom stereocenters. The number of benzene rings is 2. The van der Waals surface area contributed by atoms with Crippen LogP contribution in [0.5, 0.6) is 5.75 Å². The highest BCUT2D eigenvalue weighted by atomic mass is 32.2. The maximum atomic E-state index is 6.94. The first-order chi connectivity index (χ1) is 8.38. The van der Waals surface area contributed by atoms with Gasteiger partial charge in [-0.05, 0) is 42.5 Å². The van der Waals surface area contributed by atoms with Gasteiger partial charge in [-0.3, -0.25) is 0 Å². The molecule has 1 aliphatic heterocycles. The fraction of sp³-hybridized carbons (Fsp3) is 0.286. The monoisotopic (exact) mass is 232 g/mol. The number of fused-ring (bicyclic) bond motifs is 1. The van der Waals surface area contributed by atoms with E-state index in [2.05, 4.69) is 29.4 Å². The summed E-state index contributed by atoms with van der Waals surface area (Å²) >= 11 is 0. The van der Waals surface area contributed by atoms with Crippen molar-refractivity contribution < 1.29 is 5.11 Å². The van der Waals surface area contributed by atoms with E-state index in [1.165, 1.54) is 40.0 Å². The number of hydrogen-bond acceptors (Lipinski definition) is 1. The van der Waals surface area contributed by atoms with Crippen molar-refractivity contribution in [2.24, 2.45) is 0 Å². The van der Waals surface area contributed by atoms with Crippen molar-refractivity contribution in [1.29, 1.82) is 1.43 Å². The fourth-order valence-electron chi connectivity index (χ4n) is 2.36. The Balaban J connectivity index is 2.12. The Labute approximate surface area is 99.9 Å². The first-order valence-corrected chi connectivity index (χ1v) is 7.28. The molecule has 1 heterocycles. The van der Waals surface area contributed by atoms with E-state index in [9.17, 15) is 0 Å². The topological polar surface area (TPSA) is 20.2 Å². The smallest absolute Gasteiger partial charge is 0.293 e. The van der Waals surface area contributed by atoms with Crippen LogP contribution in [0.25, 0.3) is 10.8 Å². The van der Waals surface area contributed by atoms with E-state index in [0.717, 1.165) is 0 Å². The van der Waals surface area contributed by atoms with Gasteiger partial charge in [0, 0.05) is 16.3 Å². The van der Waals surface area contributed by atoms with Crippen LogP contribution in [0.1, 0.15) is 12.8 Å². The summed E-state index contributed by atoms with van der Waals surface area (Å²) in [6.45, 7) is 0. The maximum absolute atomic E-state index is 6.94. The molecular weight excluding hydrogens is 216 g/mol. The Morgan fingerprint density at radius 2 is 2.00 bits per heavy atom. The van der Waals surface area contributed by atoms with Crippen LogP contribution in [-0.4, -0.2) is 18.0 Å². The summed E-state index contributed by atoms with van der Waals surface area (Å²) < 4.78 is 6.94. The van der Waals surface area contributed by atoms with Crippen molar-refractivity contribution in [2.45, 2.75) is 17.7 Å². The van der Waals surface area contributed by atoms with Crippen molar-refractivity contribution in [3.63, 3.8) is 0 Å². The third-order valence-corrected chi connectivity index (χ3v) is 5.70. The van der Waals surface area contributed by atoms with E-state index >= 15 is 0 Å². The quantitative estimate of drug-likeness (QED) is 0.788. The van der Waals surface area contributed by atoms with Crippen LogP contribution in [0.4, 0.5) is 0 Å².